The summed E-state index contributed by atoms with van der Waals surface area (Å²) in [5.74, 6) is -0.0396. The Kier molecular flexibility index (Phi) is 7.48. The lowest BCUT2D eigenvalue weighted by molar-refractivity contribution is -0.127. The van der Waals surface area contributed by atoms with E-state index in [0.717, 1.165) is 15.7 Å². The Labute approximate surface area is 166 Å². The summed E-state index contributed by atoms with van der Waals surface area (Å²) in [5, 5.41) is 5.96. The van der Waals surface area contributed by atoms with Crippen molar-refractivity contribution < 1.29 is 14.3 Å². The lowest BCUT2D eigenvalue weighted by Gasteiger charge is -2.15. The van der Waals surface area contributed by atoms with Crippen LogP contribution in [-0.2, 0) is 9.59 Å². The molecule has 1 atom stereocenters. The molecule has 0 fully saturated rings. The van der Waals surface area contributed by atoms with Gasteiger partial charge in [0.15, 0.2) is 6.10 Å². The number of carbonyl (C=O) groups is 2. The minimum Gasteiger partial charge on any atom is -0.479 e. The van der Waals surface area contributed by atoms with Crippen LogP contribution in [0.25, 0.3) is 0 Å². The van der Waals surface area contributed by atoms with Gasteiger partial charge in [0, 0.05) is 23.1 Å². The van der Waals surface area contributed by atoms with Crippen molar-refractivity contribution in [3.63, 3.8) is 0 Å². The number of aryl methyl sites for hydroxylation is 1. The second-order valence-corrected chi connectivity index (χ2v) is 7.06. The highest BCUT2D eigenvalue weighted by atomic mass is 79.9. The lowest BCUT2D eigenvalue weighted by Crippen LogP contribution is -2.37. The van der Waals surface area contributed by atoms with Crippen molar-refractivity contribution in [1.82, 2.24) is 5.32 Å². The second kappa shape index (κ2) is 9.59. The van der Waals surface area contributed by atoms with Crippen molar-refractivity contribution in [2.45, 2.75) is 26.4 Å². The van der Waals surface area contributed by atoms with Crippen LogP contribution in [0.4, 0.5) is 5.69 Å². The zero-order valence-corrected chi connectivity index (χ0v) is 16.9. The highest BCUT2D eigenvalue weighted by molar-refractivity contribution is 9.10. The van der Waals surface area contributed by atoms with Gasteiger partial charge in [-0.25, -0.2) is 0 Å². The number of nitrogens with one attached hydrogen (secondary N) is 2. The summed E-state index contributed by atoms with van der Waals surface area (Å²) >= 11 is 9.38. The van der Waals surface area contributed by atoms with E-state index in [0.29, 0.717) is 10.8 Å². The van der Waals surface area contributed by atoms with Crippen molar-refractivity contribution in [1.29, 1.82) is 0 Å². The summed E-state index contributed by atoms with van der Waals surface area (Å²) in [5.41, 5.74) is 1.71. The molecule has 1 unspecified atom stereocenters. The van der Waals surface area contributed by atoms with Crippen molar-refractivity contribution >= 4 is 45.0 Å². The summed E-state index contributed by atoms with van der Waals surface area (Å²) in [7, 11) is 0. The normalized spacial score (nSPS) is 11.5. The molecule has 0 bridgehead atoms. The smallest absolute Gasteiger partial charge is 0.260 e. The zero-order chi connectivity index (χ0) is 19.1. The summed E-state index contributed by atoms with van der Waals surface area (Å²) < 4.78 is 6.43. The largest absolute Gasteiger partial charge is 0.479 e. The molecule has 7 heteroatoms. The first-order chi connectivity index (χ1) is 12.4. The van der Waals surface area contributed by atoms with E-state index in [1.807, 2.05) is 25.1 Å². The molecule has 138 valence electrons. The molecule has 5 nitrogen and oxygen atoms in total. The molecule has 2 N–H and O–H groups in total. The number of ether oxygens (including phenoxy) is 1. The molecule has 0 aromatic heterocycles. The number of hydrogen-bond donors (Lipinski definition) is 2. The zero-order valence-electron chi connectivity index (χ0n) is 14.5. The first kappa shape index (κ1) is 20.3. The number of halogens is 2. The maximum atomic E-state index is 12.1. The van der Waals surface area contributed by atoms with E-state index in [9.17, 15) is 9.59 Å². The first-order valence-electron chi connectivity index (χ1n) is 8.11. The van der Waals surface area contributed by atoms with Gasteiger partial charge in [0.2, 0.25) is 5.91 Å². The Morgan fingerprint density at radius 1 is 1.23 bits per heavy atom. The third-order valence-electron chi connectivity index (χ3n) is 3.63. The van der Waals surface area contributed by atoms with Gasteiger partial charge < -0.3 is 15.4 Å². The molecule has 0 saturated carbocycles. The molecule has 0 aliphatic rings. The molecular formula is C19H20BrClN2O3. The molecule has 0 aliphatic carbocycles. The van der Waals surface area contributed by atoms with Crippen molar-refractivity contribution in [3.8, 4) is 5.75 Å². The SMILES string of the molecule is Cc1ccc(Br)cc1NC(=O)CCNC(=O)C(C)Oc1ccccc1Cl. The predicted molar refractivity (Wildman–Crippen MR) is 107 cm³/mol. The van der Waals surface area contributed by atoms with E-state index < -0.39 is 6.10 Å². The van der Waals surface area contributed by atoms with Crippen molar-refractivity contribution in [2.24, 2.45) is 0 Å². The molecule has 0 radical (unpaired) electrons. The quantitative estimate of drug-likeness (QED) is 0.675. The van der Waals surface area contributed by atoms with Crippen LogP contribution in [0.5, 0.6) is 5.75 Å². The number of rotatable bonds is 7. The molecule has 2 rings (SSSR count). The van der Waals surface area contributed by atoms with E-state index >= 15 is 0 Å². The van der Waals surface area contributed by atoms with Gasteiger partial charge in [-0.15, -0.1) is 0 Å². The van der Waals surface area contributed by atoms with Crippen LogP contribution >= 0.6 is 27.5 Å². The van der Waals surface area contributed by atoms with Crippen LogP contribution in [0.3, 0.4) is 0 Å². The van der Waals surface area contributed by atoms with Crippen LogP contribution < -0.4 is 15.4 Å². The fraction of sp³-hybridized carbons (Fsp3) is 0.263. The van der Waals surface area contributed by atoms with Crippen molar-refractivity contribution in [3.05, 3.63) is 57.5 Å². The molecule has 0 saturated heterocycles. The second-order valence-electron chi connectivity index (χ2n) is 5.74. The average Bonchev–Trinajstić information content (AvgIpc) is 2.60. The maximum Gasteiger partial charge on any atom is 0.260 e. The van der Waals surface area contributed by atoms with Gasteiger partial charge in [0.25, 0.3) is 5.91 Å². The minimum atomic E-state index is -0.717. The minimum absolute atomic E-state index is 0.163. The van der Waals surface area contributed by atoms with Gasteiger partial charge in [-0.2, -0.15) is 0 Å². The van der Waals surface area contributed by atoms with Crippen LogP contribution in [0.1, 0.15) is 18.9 Å². The van der Waals surface area contributed by atoms with E-state index in [4.69, 9.17) is 16.3 Å². The lowest BCUT2D eigenvalue weighted by atomic mass is 10.2. The molecular weight excluding hydrogens is 420 g/mol. The van der Waals surface area contributed by atoms with Crippen molar-refractivity contribution in [2.75, 3.05) is 11.9 Å². The summed E-state index contributed by atoms with van der Waals surface area (Å²) in [6, 6.07) is 12.6. The highest BCUT2D eigenvalue weighted by Gasteiger charge is 2.16. The Morgan fingerprint density at radius 3 is 2.69 bits per heavy atom. The predicted octanol–water partition coefficient (Wildman–Crippen LogP) is 4.32. The van der Waals surface area contributed by atoms with Gasteiger partial charge in [-0.05, 0) is 43.7 Å². The average molecular weight is 440 g/mol. The Balaban J connectivity index is 1.77. The van der Waals surface area contributed by atoms with Gasteiger partial charge in [-0.1, -0.05) is 45.7 Å². The molecule has 0 heterocycles. The molecule has 2 aromatic rings. The summed E-state index contributed by atoms with van der Waals surface area (Å²) in [6.45, 7) is 3.76. The summed E-state index contributed by atoms with van der Waals surface area (Å²) in [6.07, 6.45) is -0.554. The molecule has 2 amide bonds. The van der Waals surface area contributed by atoms with Crippen LogP contribution in [-0.4, -0.2) is 24.5 Å². The van der Waals surface area contributed by atoms with Gasteiger partial charge in [-0.3, -0.25) is 9.59 Å². The topological polar surface area (TPSA) is 67.4 Å². The van der Waals surface area contributed by atoms with Gasteiger partial charge in [0.05, 0.1) is 5.02 Å². The van der Waals surface area contributed by atoms with Crippen LogP contribution in [0.15, 0.2) is 46.9 Å². The van der Waals surface area contributed by atoms with Crippen LogP contribution in [0.2, 0.25) is 5.02 Å². The molecule has 0 spiro atoms. The van der Waals surface area contributed by atoms with E-state index in [-0.39, 0.29) is 24.8 Å². The van der Waals surface area contributed by atoms with Gasteiger partial charge >= 0.3 is 0 Å². The van der Waals surface area contributed by atoms with E-state index in [1.54, 1.807) is 31.2 Å². The Bertz CT molecular complexity index is 798. The highest BCUT2D eigenvalue weighted by Crippen LogP contribution is 2.24. The third kappa shape index (κ3) is 6.04. The number of para-hydroxylation sites is 1. The molecule has 26 heavy (non-hydrogen) atoms. The number of benzene rings is 2. The number of amides is 2. The third-order valence-corrected chi connectivity index (χ3v) is 4.44. The molecule has 2 aromatic carbocycles. The molecule has 0 aliphatic heterocycles. The van der Waals surface area contributed by atoms with E-state index in [1.165, 1.54) is 0 Å². The Morgan fingerprint density at radius 2 is 1.96 bits per heavy atom. The number of carbonyl (C=O) groups excluding carboxylic acids is 2. The number of anilines is 1. The Hall–Kier alpha value is -2.05. The summed E-state index contributed by atoms with van der Waals surface area (Å²) in [4.78, 5) is 24.1. The number of hydrogen-bond acceptors (Lipinski definition) is 3. The monoisotopic (exact) mass is 438 g/mol. The van der Waals surface area contributed by atoms with Crippen LogP contribution in [0, 0.1) is 6.92 Å². The van der Waals surface area contributed by atoms with E-state index in [2.05, 4.69) is 26.6 Å². The standard InChI is InChI=1S/C19H20BrClN2O3/c1-12-7-8-14(20)11-16(12)23-18(24)9-10-22-19(25)13(2)26-17-6-4-3-5-15(17)21/h3-8,11,13H,9-10H2,1-2H3,(H,22,25)(H,23,24). The fourth-order valence-electron chi connectivity index (χ4n) is 2.17. The maximum absolute atomic E-state index is 12.1. The fourth-order valence-corrected chi connectivity index (χ4v) is 2.71. The first-order valence-corrected chi connectivity index (χ1v) is 9.29. The van der Waals surface area contributed by atoms with Gasteiger partial charge in [0.1, 0.15) is 5.75 Å².